The van der Waals surface area contributed by atoms with Crippen molar-refractivity contribution >= 4 is 41.1 Å². The maximum Gasteiger partial charge on any atom is 0.416 e. The minimum absolute atomic E-state index is 0.0494. The molecule has 0 spiro atoms. The van der Waals surface area contributed by atoms with E-state index in [4.69, 9.17) is 4.74 Å². The minimum Gasteiger partial charge on any atom is -0.480 e. The van der Waals surface area contributed by atoms with Gasteiger partial charge in [-0.2, -0.15) is 13.2 Å². The molecule has 0 fully saturated rings. The number of benzene rings is 3. The lowest BCUT2D eigenvalue weighted by atomic mass is 10.2. The van der Waals surface area contributed by atoms with Gasteiger partial charge in [0.15, 0.2) is 0 Å². The van der Waals surface area contributed by atoms with Crippen LogP contribution in [0.3, 0.4) is 0 Å². The molecule has 12 heteroatoms. The van der Waals surface area contributed by atoms with Gasteiger partial charge in [0.05, 0.1) is 17.7 Å². The molecule has 1 unspecified atom stereocenters. The number of halogens is 4. The number of hydrogen-bond acceptors (Lipinski definition) is 5. The Morgan fingerprint density at radius 3 is 2.08 bits per heavy atom. The van der Waals surface area contributed by atoms with E-state index in [2.05, 4.69) is 10.6 Å². The third-order valence-corrected chi connectivity index (χ3v) is 6.12. The van der Waals surface area contributed by atoms with E-state index in [0.29, 0.717) is 10.6 Å². The molecule has 3 rings (SSSR count). The van der Waals surface area contributed by atoms with Crippen molar-refractivity contribution in [1.82, 2.24) is 0 Å². The Morgan fingerprint density at radius 1 is 0.892 bits per heavy atom. The summed E-state index contributed by atoms with van der Waals surface area (Å²) in [4.78, 5) is 36.3. The van der Waals surface area contributed by atoms with E-state index in [0.717, 1.165) is 36.0 Å². The summed E-state index contributed by atoms with van der Waals surface area (Å²) in [6.45, 7) is -0.257. The molecule has 7 nitrogen and oxygen atoms in total. The number of rotatable bonds is 9. The van der Waals surface area contributed by atoms with Crippen LogP contribution in [0.1, 0.15) is 22.3 Å². The van der Waals surface area contributed by atoms with Gasteiger partial charge in [-0.15, -0.1) is 11.8 Å². The molecule has 0 aliphatic heterocycles. The number of carboxylic acids is 1. The predicted octanol–water partition coefficient (Wildman–Crippen LogP) is 6.28. The van der Waals surface area contributed by atoms with Crippen molar-refractivity contribution in [3.63, 3.8) is 0 Å². The number of thioether (sulfide) groups is 1. The number of anilines is 2. The van der Waals surface area contributed by atoms with Gasteiger partial charge in [-0.25, -0.2) is 9.18 Å². The summed E-state index contributed by atoms with van der Waals surface area (Å²) in [6.07, 6.45) is -5.49. The Balaban J connectivity index is 1.48. The van der Waals surface area contributed by atoms with Gasteiger partial charge in [0.2, 0.25) is 0 Å². The molecular weight excluding hydrogens is 516 g/mol. The van der Waals surface area contributed by atoms with Crippen LogP contribution in [0.15, 0.2) is 77.7 Å². The number of ether oxygens (including phenoxy) is 1. The summed E-state index contributed by atoms with van der Waals surface area (Å²) >= 11 is 0.992. The lowest BCUT2D eigenvalue weighted by Gasteiger charge is -2.13. The second-order valence-electron chi connectivity index (χ2n) is 7.53. The molecule has 1 atom stereocenters. The van der Waals surface area contributed by atoms with Gasteiger partial charge in [0.25, 0.3) is 5.91 Å². The van der Waals surface area contributed by atoms with Crippen molar-refractivity contribution in [2.75, 3.05) is 17.2 Å². The van der Waals surface area contributed by atoms with Crippen molar-refractivity contribution in [3.05, 3.63) is 89.7 Å². The minimum atomic E-state index is -4.50. The van der Waals surface area contributed by atoms with Gasteiger partial charge in [0, 0.05) is 22.7 Å². The smallest absolute Gasteiger partial charge is 0.416 e. The van der Waals surface area contributed by atoms with E-state index >= 15 is 0 Å². The molecule has 0 radical (unpaired) electrons. The third kappa shape index (κ3) is 8.24. The maximum absolute atomic E-state index is 13.7. The lowest BCUT2D eigenvalue weighted by molar-refractivity contribution is -0.138. The van der Waals surface area contributed by atoms with E-state index in [1.165, 1.54) is 36.4 Å². The first-order valence-corrected chi connectivity index (χ1v) is 11.6. The summed E-state index contributed by atoms with van der Waals surface area (Å²) in [7, 11) is 0. The Hall–Kier alpha value is -4.06. The molecule has 0 heterocycles. The van der Waals surface area contributed by atoms with Crippen LogP contribution in [0, 0.1) is 5.82 Å². The SMILES string of the molecule is O=C(Nc1ccc(C(F)(F)F)cc1)OCCC(Sc1ccc(NC(=O)c2ccccc2F)cc1)C(=O)O. The summed E-state index contributed by atoms with van der Waals surface area (Å²) < 4.78 is 56.5. The predicted molar refractivity (Wildman–Crippen MR) is 129 cm³/mol. The first-order chi connectivity index (χ1) is 17.5. The number of aliphatic carboxylic acids is 1. The van der Waals surface area contributed by atoms with Gasteiger partial charge < -0.3 is 15.2 Å². The van der Waals surface area contributed by atoms with Crippen molar-refractivity contribution in [1.29, 1.82) is 0 Å². The zero-order valence-corrected chi connectivity index (χ0v) is 19.7. The van der Waals surface area contributed by atoms with Crippen molar-refractivity contribution in [3.8, 4) is 0 Å². The van der Waals surface area contributed by atoms with Crippen LogP contribution in [-0.2, 0) is 15.7 Å². The van der Waals surface area contributed by atoms with Crippen molar-refractivity contribution in [2.45, 2.75) is 22.7 Å². The molecule has 3 N–H and O–H groups in total. The molecule has 0 saturated carbocycles. The Bertz CT molecular complexity index is 1250. The lowest BCUT2D eigenvalue weighted by Crippen LogP contribution is -2.21. The number of alkyl halides is 3. The molecule has 3 aromatic rings. The molecule has 0 aromatic heterocycles. The fraction of sp³-hybridized carbons (Fsp3) is 0.160. The molecule has 37 heavy (non-hydrogen) atoms. The second kappa shape index (κ2) is 12.3. The van der Waals surface area contributed by atoms with Crippen molar-refractivity contribution in [2.24, 2.45) is 0 Å². The third-order valence-electron chi connectivity index (χ3n) is 4.86. The van der Waals surface area contributed by atoms with E-state index in [1.54, 1.807) is 12.1 Å². The highest BCUT2D eigenvalue weighted by molar-refractivity contribution is 8.00. The van der Waals surface area contributed by atoms with Crippen LogP contribution in [0.2, 0.25) is 0 Å². The van der Waals surface area contributed by atoms with E-state index in [1.807, 2.05) is 0 Å². The number of carbonyl (C=O) groups excluding carboxylic acids is 2. The number of carbonyl (C=O) groups is 3. The van der Waals surface area contributed by atoms with Crippen LogP contribution in [-0.4, -0.2) is 34.9 Å². The largest absolute Gasteiger partial charge is 0.480 e. The standard InChI is InChI=1S/C25H20F4N2O5S/c26-20-4-2-1-3-19(20)22(32)30-16-9-11-18(12-10-16)37-21(23(33)34)13-14-36-24(35)31-17-7-5-15(6-8-17)25(27,28)29/h1-12,21H,13-14H2,(H,30,32)(H,31,35)(H,33,34). The van der Waals surface area contributed by atoms with Gasteiger partial charge in [-0.3, -0.25) is 14.9 Å². The average molecular weight is 537 g/mol. The monoisotopic (exact) mass is 536 g/mol. The van der Waals surface area contributed by atoms with E-state index < -0.39 is 40.8 Å². The Morgan fingerprint density at radius 2 is 1.49 bits per heavy atom. The zero-order valence-electron chi connectivity index (χ0n) is 18.9. The Kier molecular flexibility index (Phi) is 9.12. The molecule has 0 aliphatic rings. The molecular formula is C25H20F4N2O5S. The van der Waals surface area contributed by atoms with Crippen molar-refractivity contribution < 1.29 is 41.8 Å². The van der Waals surface area contributed by atoms with Crippen LogP contribution in [0.25, 0.3) is 0 Å². The first-order valence-electron chi connectivity index (χ1n) is 10.7. The van der Waals surface area contributed by atoms with Gasteiger partial charge in [-0.1, -0.05) is 12.1 Å². The molecule has 194 valence electrons. The Labute approximate surface area is 212 Å². The number of carboxylic acid groups (broad SMARTS) is 1. The topological polar surface area (TPSA) is 105 Å². The highest BCUT2D eigenvalue weighted by Gasteiger charge is 2.30. The normalized spacial score (nSPS) is 11.9. The summed E-state index contributed by atoms with van der Waals surface area (Å²) in [6, 6.07) is 15.5. The second-order valence-corrected chi connectivity index (χ2v) is 8.80. The summed E-state index contributed by atoms with van der Waals surface area (Å²) in [5.41, 5.74) is -0.514. The molecule has 3 aromatic carbocycles. The molecule has 2 amide bonds. The van der Waals surface area contributed by atoms with Gasteiger partial charge in [0.1, 0.15) is 11.1 Å². The fourth-order valence-corrected chi connectivity index (χ4v) is 3.95. The maximum atomic E-state index is 13.7. The highest BCUT2D eigenvalue weighted by Crippen LogP contribution is 2.30. The number of nitrogens with one attached hydrogen (secondary N) is 2. The molecule has 0 saturated heterocycles. The quantitative estimate of drug-likeness (QED) is 0.220. The number of hydrogen-bond donors (Lipinski definition) is 3. The number of amides is 2. The average Bonchev–Trinajstić information content (AvgIpc) is 2.84. The molecule has 0 bridgehead atoms. The van der Waals surface area contributed by atoms with E-state index in [9.17, 15) is 37.1 Å². The highest BCUT2D eigenvalue weighted by atomic mass is 32.2. The summed E-state index contributed by atoms with van der Waals surface area (Å²) in [5.74, 6) is -2.44. The van der Waals surface area contributed by atoms with Crippen LogP contribution >= 0.6 is 11.8 Å². The van der Waals surface area contributed by atoms with Crippen LogP contribution in [0.4, 0.5) is 33.7 Å². The zero-order chi connectivity index (χ0) is 27.0. The fourth-order valence-electron chi connectivity index (χ4n) is 3.01. The first kappa shape index (κ1) is 27.5. The summed E-state index contributed by atoms with van der Waals surface area (Å²) in [5, 5.41) is 13.3. The van der Waals surface area contributed by atoms with E-state index in [-0.39, 0.29) is 24.3 Å². The van der Waals surface area contributed by atoms with Crippen LogP contribution < -0.4 is 10.6 Å². The van der Waals surface area contributed by atoms with Gasteiger partial charge >= 0.3 is 18.2 Å². The van der Waals surface area contributed by atoms with Gasteiger partial charge in [-0.05, 0) is 60.7 Å². The molecule has 0 aliphatic carbocycles. The van der Waals surface area contributed by atoms with Crippen LogP contribution in [0.5, 0.6) is 0 Å².